The first-order valence-corrected chi connectivity index (χ1v) is 18.8. The molecule has 12 atom stereocenters. The number of hydrogen-bond donors (Lipinski definition) is 3. The van der Waals surface area contributed by atoms with E-state index in [1.54, 1.807) is 11.9 Å². The standard InChI is InChI=1S/C37H54N9O9.Y/c1-41-15-2-11-27(41)35(53)44-18-4-9-25(44)33(51)39-22-30(48)43-17-7-13-29(43)37(55)46-20-5-10-26(46)34(52)40-23-31(49)42-16-6-12-28(42)36(54)45-19-3-8-24(45)32(50)38-14-21-47;/h24-29H,2-20,22-23H2,1H3,(H,38,50)(H,39,51)(H,40,52);/q-1;/i2T,3T,4T,5T,6T,7T;. The Bertz CT molecular complexity index is 1780. The van der Waals surface area contributed by atoms with Crippen molar-refractivity contribution < 1.29 is 84.1 Å². The number of nitrogens with one attached hydrogen (secondary N) is 3. The van der Waals surface area contributed by atoms with Gasteiger partial charge in [-0.15, -0.1) is 0 Å². The zero-order chi connectivity index (χ0) is 44.4. The van der Waals surface area contributed by atoms with Crippen LogP contribution in [-0.2, 0) is 75.9 Å². The van der Waals surface area contributed by atoms with E-state index < -0.39 is 136 Å². The van der Waals surface area contributed by atoms with Gasteiger partial charge in [0.25, 0.3) is 0 Å². The molecule has 0 aromatic heterocycles. The van der Waals surface area contributed by atoms with Crippen molar-refractivity contribution >= 4 is 53.5 Å². The smallest absolute Gasteiger partial charge is 0.246 e. The number of carbonyl (C=O) groups excluding carboxylic acids is 9. The Morgan fingerprint density at radius 3 is 1.20 bits per heavy atom. The maximum absolute atomic E-state index is 14.0. The summed E-state index contributed by atoms with van der Waals surface area (Å²) in [6, 6.07) is -6.19. The van der Waals surface area contributed by atoms with Crippen LogP contribution in [0.15, 0.2) is 0 Å². The van der Waals surface area contributed by atoms with Crippen LogP contribution >= 0.6 is 0 Å². The minimum absolute atomic E-state index is 0. The van der Waals surface area contributed by atoms with Gasteiger partial charge in [0.15, 0.2) is 0 Å². The van der Waals surface area contributed by atoms with Gasteiger partial charge in [0.2, 0.25) is 47.3 Å². The van der Waals surface area contributed by atoms with E-state index in [0.29, 0.717) is 13.0 Å². The third kappa shape index (κ3) is 9.44. The monoisotopic (exact) mass is 869 g/mol. The fourth-order valence-corrected chi connectivity index (χ4v) is 8.24. The van der Waals surface area contributed by atoms with E-state index in [0.717, 1.165) is 14.7 Å². The van der Waals surface area contributed by atoms with Gasteiger partial charge in [-0.3, -0.25) is 43.3 Å². The van der Waals surface area contributed by atoms with Gasteiger partial charge in [-0.2, -0.15) is 0 Å². The van der Waals surface area contributed by atoms with Crippen LogP contribution in [0.3, 0.4) is 0 Å². The third-order valence-electron chi connectivity index (χ3n) is 11.2. The summed E-state index contributed by atoms with van der Waals surface area (Å²) in [6.45, 7) is -1.71. The first-order valence-electron chi connectivity index (χ1n) is 22.3. The first-order chi connectivity index (χ1) is 28.9. The van der Waals surface area contributed by atoms with E-state index in [2.05, 4.69) is 16.0 Å². The molecule has 305 valence electrons. The number of nitrogens with zero attached hydrogens (tertiary/aromatic N) is 6. The molecule has 0 bridgehead atoms. The van der Waals surface area contributed by atoms with Crippen LogP contribution in [0.5, 0.6) is 0 Å². The number of amides is 8. The molecule has 12 unspecified atom stereocenters. The van der Waals surface area contributed by atoms with E-state index in [1.807, 2.05) is 0 Å². The molecule has 19 heteroatoms. The summed E-state index contributed by atoms with van der Waals surface area (Å²) in [5.74, 6) is -5.11. The van der Waals surface area contributed by atoms with Gasteiger partial charge < -0.3 is 45.2 Å². The zero-order valence-electron chi connectivity index (χ0n) is 37.5. The van der Waals surface area contributed by atoms with Crippen molar-refractivity contribution in [2.24, 2.45) is 0 Å². The van der Waals surface area contributed by atoms with Crippen LogP contribution in [0.4, 0.5) is 0 Å². The van der Waals surface area contributed by atoms with Gasteiger partial charge in [-0.05, 0) is 90.5 Å². The Labute approximate surface area is 360 Å². The van der Waals surface area contributed by atoms with Crippen LogP contribution in [0.25, 0.3) is 0 Å². The van der Waals surface area contributed by atoms with Crippen molar-refractivity contribution in [2.45, 2.75) is 113 Å². The van der Waals surface area contributed by atoms with Crippen LogP contribution in [-0.4, -0.2) is 185 Å². The molecular weight excluding hydrogens is 803 g/mol. The van der Waals surface area contributed by atoms with Crippen LogP contribution in [0.2, 0.25) is 0 Å². The molecule has 6 aliphatic heterocycles. The Hall–Kier alpha value is -3.51. The fraction of sp³-hybridized carbons (Fsp3) is 0.757. The topological polar surface area (TPSA) is 209 Å². The quantitative estimate of drug-likeness (QED) is 0.176. The second-order valence-electron chi connectivity index (χ2n) is 14.5. The Kier molecular flexibility index (Phi) is 12.6. The fourth-order valence-electron chi connectivity index (χ4n) is 8.24. The van der Waals surface area contributed by atoms with E-state index in [9.17, 15) is 43.2 Å². The predicted octanol–water partition coefficient (Wildman–Crippen LogP) is -2.51. The molecule has 6 saturated heterocycles. The van der Waals surface area contributed by atoms with E-state index >= 15 is 0 Å². The zero-order valence-corrected chi connectivity index (χ0v) is 34.3. The number of likely N-dealkylation sites (tertiary alicyclic amines) is 6. The predicted molar refractivity (Wildman–Crippen MR) is 194 cm³/mol. The molecule has 6 aliphatic rings. The van der Waals surface area contributed by atoms with Crippen molar-refractivity contribution in [3.63, 3.8) is 0 Å². The molecule has 1 radical (unpaired) electrons. The van der Waals surface area contributed by atoms with Crippen LogP contribution in [0, 0.1) is 0 Å². The molecule has 0 saturated carbocycles. The second kappa shape index (κ2) is 19.8. The molecule has 0 spiro atoms. The Balaban J connectivity index is 0.00000726. The minimum atomic E-state index is -1.21. The van der Waals surface area contributed by atoms with E-state index in [-0.39, 0.29) is 103 Å². The van der Waals surface area contributed by atoms with Gasteiger partial charge in [-0.25, -0.2) is 6.29 Å². The van der Waals surface area contributed by atoms with Gasteiger partial charge in [-0.1, -0.05) is 6.54 Å². The molecule has 3 N–H and O–H groups in total. The number of carbonyl (C=O) groups is 8. The molecular formula is C37H54N9O9Y-. The number of likely N-dealkylation sites (N-methyl/N-ethyl adjacent to an activating group) is 1. The Morgan fingerprint density at radius 1 is 0.500 bits per heavy atom. The van der Waals surface area contributed by atoms with Crippen molar-refractivity contribution in [2.75, 3.05) is 66.0 Å². The molecule has 0 aromatic carbocycles. The van der Waals surface area contributed by atoms with Crippen molar-refractivity contribution in [1.82, 2.24) is 45.3 Å². The minimum Gasteiger partial charge on any atom is -0.540 e. The summed E-state index contributed by atoms with van der Waals surface area (Å²) >= 11 is 0. The number of rotatable bonds is 12. The van der Waals surface area contributed by atoms with Crippen molar-refractivity contribution in [1.29, 1.82) is 0 Å². The average molecular weight is 870 g/mol. The summed E-state index contributed by atoms with van der Waals surface area (Å²) in [5.41, 5.74) is 0. The van der Waals surface area contributed by atoms with Gasteiger partial charge in [0.05, 0.1) is 19.1 Å². The maximum atomic E-state index is 14.0. The third-order valence-corrected chi connectivity index (χ3v) is 11.2. The SMILES string of the molecule is [3H]C1CC(C(=O)N2CC([3H])CC2C(=O)NCC(=O)N2CC([3H])CC2C(=O)N2CC([3H])CC2C(=O)NCC(=O)N2CC([3H])CC2C(=O)N2CC([3H])CC2C(=O)NC[C-]=O)N(C)C1.[Y]. The van der Waals surface area contributed by atoms with Gasteiger partial charge >= 0.3 is 0 Å². The molecule has 6 heterocycles. The summed E-state index contributed by atoms with van der Waals surface area (Å²) in [5, 5.41) is 7.37. The average Bonchev–Trinajstić information content (AvgIpc) is 4.08. The van der Waals surface area contributed by atoms with Crippen LogP contribution < -0.4 is 16.0 Å². The molecule has 56 heavy (non-hydrogen) atoms. The van der Waals surface area contributed by atoms with Crippen molar-refractivity contribution in [3.05, 3.63) is 0 Å². The Morgan fingerprint density at radius 2 is 0.821 bits per heavy atom. The van der Waals surface area contributed by atoms with E-state index in [4.69, 9.17) is 8.22 Å². The van der Waals surface area contributed by atoms with Crippen LogP contribution in [0.1, 0.15) is 85.1 Å². The molecule has 8 amide bonds. The number of hydrogen-bond acceptors (Lipinski definition) is 10. The molecule has 6 fully saturated rings. The largest absolute Gasteiger partial charge is 0.540 e. The van der Waals surface area contributed by atoms with Gasteiger partial charge in [0, 0.05) is 73.7 Å². The first kappa shape index (κ1) is 35.6. The summed E-state index contributed by atoms with van der Waals surface area (Å²) in [7, 11) is 1.73. The summed E-state index contributed by atoms with van der Waals surface area (Å²) in [6.07, 6.45) is -2.87. The maximum Gasteiger partial charge on any atom is 0.246 e. The molecule has 0 aromatic rings. The molecule has 6 rings (SSSR count). The normalized spacial score (nSPS) is 37.1. The van der Waals surface area contributed by atoms with Crippen molar-refractivity contribution in [3.8, 4) is 0 Å². The van der Waals surface area contributed by atoms with E-state index in [1.165, 1.54) is 16.1 Å². The summed E-state index contributed by atoms with van der Waals surface area (Å²) < 4.78 is 49.5. The molecule has 0 aliphatic carbocycles. The van der Waals surface area contributed by atoms with Gasteiger partial charge in [0.1, 0.15) is 30.2 Å². The second-order valence-corrected chi connectivity index (χ2v) is 14.5. The summed E-state index contributed by atoms with van der Waals surface area (Å²) in [4.78, 5) is 126. The molecule has 18 nitrogen and oxygen atoms in total.